The Morgan fingerprint density at radius 3 is 2.75 bits per heavy atom. The summed E-state index contributed by atoms with van der Waals surface area (Å²) in [5, 5.41) is 12.0. The van der Waals surface area contributed by atoms with Gasteiger partial charge in [0.05, 0.1) is 0 Å². The van der Waals surface area contributed by atoms with Crippen molar-refractivity contribution in [2.45, 2.75) is 25.7 Å². The number of primary amides is 1. The first kappa shape index (κ1) is 19.1. The van der Waals surface area contributed by atoms with E-state index in [2.05, 4.69) is 23.0 Å². The topological polar surface area (TPSA) is 102 Å². The van der Waals surface area contributed by atoms with E-state index in [0.29, 0.717) is 12.1 Å². The van der Waals surface area contributed by atoms with Gasteiger partial charge in [-0.2, -0.15) is 0 Å². The molecule has 2 aliphatic rings. The van der Waals surface area contributed by atoms with Gasteiger partial charge in [0, 0.05) is 0 Å². The molecule has 0 aromatic heterocycles. The maximum atomic E-state index is 12.2. The third-order valence-electron chi connectivity index (χ3n) is 3.79. The van der Waals surface area contributed by atoms with Crippen LogP contribution in [0.15, 0.2) is 23.4 Å². The van der Waals surface area contributed by atoms with Crippen LogP contribution in [0.2, 0.25) is 0 Å². The van der Waals surface area contributed by atoms with Gasteiger partial charge in [0.25, 0.3) is 0 Å². The van der Waals surface area contributed by atoms with Crippen molar-refractivity contribution in [1.29, 1.82) is 5.26 Å². The van der Waals surface area contributed by atoms with Crippen molar-refractivity contribution in [3.05, 3.63) is 23.4 Å². The molecule has 0 saturated carbocycles. The molecule has 1 fully saturated rings. The summed E-state index contributed by atoms with van der Waals surface area (Å²) >= 11 is -0.386. The van der Waals surface area contributed by atoms with E-state index in [1.807, 2.05) is 0 Å². The van der Waals surface area contributed by atoms with Crippen molar-refractivity contribution in [2.24, 2.45) is 5.73 Å². The van der Waals surface area contributed by atoms with Crippen molar-refractivity contribution in [3.63, 3.8) is 0 Å². The maximum absolute atomic E-state index is 12.2. The monoisotopic (exact) mass is 449 g/mol. The van der Waals surface area contributed by atoms with E-state index in [1.165, 1.54) is 31.0 Å². The summed E-state index contributed by atoms with van der Waals surface area (Å²) in [6.45, 7) is 6.49. The van der Waals surface area contributed by atoms with Gasteiger partial charge < -0.3 is 0 Å². The fourth-order valence-electron chi connectivity index (χ4n) is 2.51. The number of hydrogen-bond acceptors (Lipinski definition) is 6. The summed E-state index contributed by atoms with van der Waals surface area (Å²) in [6, 6.07) is 0. The summed E-state index contributed by atoms with van der Waals surface area (Å²) in [4.78, 5) is 25.9. The molecule has 2 aliphatic heterocycles. The second-order valence-electron chi connectivity index (χ2n) is 5.63. The SMILES string of the molecule is C=C(S[C]1=[In][N](C#N)C=C1NC(=O)CCN1CCCCC1)C(N)=O. The molecule has 2 rings (SSSR count). The second kappa shape index (κ2) is 9.30. The minimum atomic E-state index is -1.56. The minimum absolute atomic E-state index is 0.0720. The van der Waals surface area contributed by atoms with Crippen LogP contribution in [0.5, 0.6) is 0 Å². The molecule has 2 amide bonds. The van der Waals surface area contributed by atoms with Crippen molar-refractivity contribution in [3.8, 4) is 6.19 Å². The number of rotatable bonds is 7. The average molecular weight is 449 g/mol. The Balaban J connectivity index is 1.89. The van der Waals surface area contributed by atoms with Crippen molar-refractivity contribution in [1.82, 2.24) is 13.1 Å². The summed E-state index contributed by atoms with van der Waals surface area (Å²) in [5.41, 5.74) is 5.84. The zero-order valence-corrected chi connectivity index (χ0v) is 17.6. The van der Waals surface area contributed by atoms with Crippen LogP contribution < -0.4 is 11.1 Å². The van der Waals surface area contributed by atoms with Crippen LogP contribution in [-0.2, 0) is 9.59 Å². The first-order valence-electron chi connectivity index (χ1n) is 7.80. The fourth-order valence-corrected chi connectivity index (χ4v) is 7.91. The molecule has 0 atom stereocenters. The van der Waals surface area contributed by atoms with E-state index in [4.69, 9.17) is 11.0 Å². The number of amides is 2. The molecule has 0 aliphatic carbocycles. The predicted molar refractivity (Wildman–Crippen MR) is 95.3 cm³/mol. The Labute approximate surface area is 157 Å². The van der Waals surface area contributed by atoms with Gasteiger partial charge in [-0.3, -0.25) is 0 Å². The van der Waals surface area contributed by atoms with Crippen molar-refractivity contribution < 1.29 is 9.59 Å². The number of nitrogens with two attached hydrogens (primary N) is 1. The van der Waals surface area contributed by atoms with Gasteiger partial charge >= 0.3 is 157 Å². The molecule has 0 spiro atoms. The normalized spacial score (nSPS) is 17.4. The Morgan fingerprint density at radius 1 is 1.42 bits per heavy atom. The third kappa shape index (κ3) is 5.69. The van der Waals surface area contributed by atoms with Gasteiger partial charge in [0.2, 0.25) is 0 Å². The van der Waals surface area contributed by atoms with Gasteiger partial charge in [-0.1, -0.05) is 0 Å². The number of likely N-dealkylation sites (tertiary alicyclic amines) is 1. The summed E-state index contributed by atoms with van der Waals surface area (Å²) in [7, 11) is 0. The molecule has 0 radical (unpaired) electrons. The number of nitrogens with zero attached hydrogens (tertiary/aromatic N) is 3. The first-order chi connectivity index (χ1) is 11.5. The Morgan fingerprint density at radius 2 is 2.12 bits per heavy atom. The van der Waals surface area contributed by atoms with E-state index < -0.39 is 28.6 Å². The van der Waals surface area contributed by atoms with Crippen LogP contribution in [0.4, 0.5) is 0 Å². The zero-order valence-electron chi connectivity index (χ0n) is 13.5. The molecule has 0 bridgehead atoms. The van der Waals surface area contributed by atoms with Crippen LogP contribution >= 0.6 is 11.8 Å². The quantitative estimate of drug-likeness (QED) is 0.422. The number of thioether (sulfide) groups is 1. The van der Waals surface area contributed by atoms with Crippen molar-refractivity contribution in [2.75, 3.05) is 19.6 Å². The van der Waals surface area contributed by atoms with E-state index in [0.717, 1.165) is 22.2 Å². The third-order valence-corrected chi connectivity index (χ3v) is 9.50. The summed E-state index contributed by atoms with van der Waals surface area (Å²) in [5.74, 6) is -0.654. The number of carbonyl (C=O) groups is 2. The Kier molecular flexibility index (Phi) is 7.40. The number of nitrogens with one attached hydrogen (secondary N) is 1. The van der Waals surface area contributed by atoms with Gasteiger partial charge in [-0.25, -0.2) is 0 Å². The van der Waals surface area contributed by atoms with E-state index in [1.54, 1.807) is 9.09 Å². The summed E-state index contributed by atoms with van der Waals surface area (Å²) < 4.78 is 2.45. The molecule has 126 valence electrons. The standard InChI is InChI=1S/C15H21N5O2S.In/c1-12(15(17)22)23-10-13(9-18-11-16)19-14(21)5-8-20-6-3-2-4-7-20;/h9,16H,1-8H2,(H3,17,19,21,22);/q;+1/p-1. The second-order valence-corrected chi connectivity index (χ2v) is 11.9. The average Bonchev–Trinajstić information content (AvgIpc) is 2.95. The van der Waals surface area contributed by atoms with Gasteiger partial charge in [0.1, 0.15) is 0 Å². The van der Waals surface area contributed by atoms with Crippen LogP contribution in [0.25, 0.3) is 0 Å². The van der Waals surface area contributed by atoms with E-state index in [9.17, 15) is 9.59 Å². The molecule has 2 heterocycles. The Bertz CT molecular complexity index is 634. The van der Waals surface area contributed by atoms with Gasteiger partial charge in [-0.05, 0) is 0 Å². The molecular formula is C15H20InN5O2S. The van der Waals surface area contributed by atoms with Crippen molar-refractivity contribution >= 4 is 48.9 Å². The number of hydrogen-bond donors (Lipinski definition) is 2. The molecule has 1 saturated heterocycles. The number of carbonyl (C=O) groups excluding carboxylic acids is 2. The Hall–Kier alpha value is -1.24. The molecule has 0 aromatic rings. The van der Waals surface area contributed by atoms with Crippen LogP contribution in [0.1, 0.15) is 25.7 Å². The predicted octanol–water partition coefficient (Wildman–Crippen LogP) is 0.0980. The number of nitriles is 1. The molecule has 9 heteroatoms. The fraction of sp³-hybridized carbons (Fsp3) is 0.467. The molecule has 24 heavy (non-hydrogen) atoms. The van der Waals surface area contributed by atoms with E-state index >= 15 is 0 Å². The molecule has 7 nitrogen and oxygen atoms in total. The number of piperidine rings is 1. The van der Waals surface area contributed by atoms with Crippen LogP contribution in [-0.4, -0.2) is 64.5 Å². The van der Waals surface area contributed by atoms with Gasteiger partial charge in [0.15, 0.2) is 0 Å². The molecule has 0 unspecified atom stereocenters. The molecular weight excluding hydrogens is 429 g/mol. The zero-order chi connectivity index (χ0) is 17.5. The molecule has 3 N–H and O–H groups in total. The van der Waals surface area contributed by atoms with E-state index in [-0.39, 0.29) is 10.8 Å². The first-order valence-corrected chi connectivity index (χ1v) is 11.7. The van der Waals surface area contributed by atoms with Gasteiger partial charge in [-0.15, -0.1) is 0 Å². The van der Waals surface area contributed by atoms with Crippen LogP contribution in [0.3, 0.4) is 0 Å². The summed E-state index contributed by atoms with van der Waals surface area (Å²) in [6.07, 6.45) is 7.82. The van der Waals surface area contributed by atoms with Crippen LogP contribution in [0, 0.1) is 11.5 Å². The molecule has 0 aromatic carbocycles.